The SMILES string of the molecule is O=C(Cn1cccc1-c1nc(-c2ccc3c(c2)OCO3)no1)NC[C@H]1CCCO1. The summed E-state index contributed by atoms with van der Waals surface area (Å²) in [5.41, 5.74) is 1.44. The van der Waals surface area contributed by atoms with E-state index in [0.29, 0.717) is 35.5 Å². The van der Waals surface area contributed by atoms with E-state index in [4.69, 9.17) is 18.7 Å². The lowest BCUT2D eigenvalue weighted by atomic mass is 10.2. The summed E-state index contributed by atoms with van der Waals surface area (Å²) < 4.78 is 23.5. The van der Waals surface area contributed by atoms with Crippen molar-refractivity contribution in [3.8, 4) is 34.5 Å². The third-order valence-corrected chi connectivity index (χ3v) is 4.97. The van der Waals surface area contributed by atoms with Crippen molar-refractivity contribution in [2.45, 2.75) is 25.5 Å². The zero-order valence-electron chi connectivity index (χ0n) is 15.7. The van der Waals surface area contributed by atoms with Gasteiger partial charge in [0.2, 0.25) is 18.5 Å². The van der Waals surface area contributed by atoms with Gasteiger partial charge in [0.1, 0.15) is 12.2 Å². The van der Waals surface area contributed by atoms with Crippen LogP contribution in [0, 0.1) is 0 Å². The number of aromatic nitrogens is 3. The monoisotopic (exact) mass is 396 g/mol. The summed E-state index contributed by atoms with van der Waals surface area (Å²) in [4.78, 5) is 16.8. The Labute approximate surface area is 166 Å². The lowest BCUT2D eigenvalue weighted by molar-refractivity contribution is -0.122. The molecule has 1 fully saturated rings. The van der Waals surface area contributed by atoms with E-state index in [1.54, 1.807) is 4.57 Å². The van der Waals surface area contributed by atoms with Crippen molar-refractivity contribution in [2.75, 3.05) is 19.9 Å². The van der Waals surface area contributed by atoms with Gasteiger partial charge in [-0.25, -0.2) is 0 Å². The zero-order valence-corrected chi connectivity index (χ0v) is 15.7. The molecule has 1 aromatic carbocycles. The molecule has 0 radical (unpaired) electrons. The van der Waals surface area contributed by atoms with E-state index in [1.165, 1.54) is 0 Å². The number of hydrogen-bond donors (Lipinski definition) is 1. The van der Waals surface area contributed by atoms with E-state index in [9.17, 15) is 4.79 Å². The molecule has 4 heterocycles. The molecular formula is C20H20N4O5. The zero-order chi connectivity index (χ0) is 19.6. The summed E-state index contributed by atoms with van der Waals surface area (Å²) >= 11 is 0. The molecule has 2 aromatic heterocycles. The molecule has 0 bridgehead atoms. The number of rotatable bonds is 6. The van der Waals surface area contributed by atoms with Gasteiger partial charge in [0.15, 0.2) is 11.5 Å². The van der Waals surface area contributed by atoms with Crippen molar-refractivity contribution in [3.63, 3.8) is 0 Å². The quantitative estimate of drug-likeness (QED) is 0.682. The average molecular weight is 396 g/mol. The molecule has 0 saturated carbocycles. The highest BCUT2D eigenvalue weighted by Crippen LogP contribution is 2.35. The molecule has 2 aliphatic rings. The highest BCUT2D eigenvalue weighted by Gasteiger charge is 2.20. The van der Waals surface area contributed by atoms with Crippen LogP contribution in [0.25, 0.3) is 23.0 Å². The number of benzene rings is 1. The fourth-order valence-corrected chi connectivity index (χ4v) is 3.47. The molecular weight excluding hydrogens is 376 g/mol. The minimum absolute atomic E-state index is 0.0894. The first-order valence-corrected chi connectivity index (χ1v) is 9.54. The number of fused-ring (bicyclic) bond motifs is 1. The van der Waals surface area contributed by atoms with E-state index in [0.717, 1.165) is 25.0 Å². The molecule has 29 heavy (non-hydrogen) atoms. The van der Waals surface area contributed by atoms with Gasteiger partial charge in [0, 0.05) is 24.9 Å². The minimum Gasteiger partial charge on any atom is -0.454 e. The van der Waals surface area contributed by atoms with Gasteiger partial charge >= 0.3 is 0 Å². The third kappa shape index (κ3) is 3.68. The molecule has 9 heteroatoms. The van der Waals surface area contributed by atoms with Crippen molar-refractivity contribution in [2.24, 2.45) is 0 Å². The van der Waals surface area contributed by atoms with Crippen LogP contribution >= 0.6 is 0 Å². The van der Waals surface area contributed by atoms with Crippen molar-refractivity contribution >= 4 is 5.91 Å². The minimum atomic E-state index is -0.0894. The number of ether oxygens (including phenoxy) is 3. The summed E-state index contributed by atoms with van der Waals surface area (Å²) in [6, 6.07) is 9.15. The molecule has 2 aliphatic heterocycles. The maximum absolute atomic E-state index is 12.3. The molecule has 1 amide bonds. The Balaban J connectivity index is 1.28. The van der Waals surface area contributed by atoms with Gasteiger partial charge in [-0.3, -0.25) is 4.79 Å². The number of hydrogen-bond acceptors (Lipinski definition) is 7. The molecule has 1 saturated heterocycles. The van der Waals surface area contributed by atoms with Crippen molar-refractivity contribution in [1.82, 2.24) is 20.0 Å². The van der Waals surface area contributed by atoms with Gasteiger partial charge in [0.05, 0.1) is 6.10 Å². The molecule has 0 aliphatic carbocycles. The lowest BCUT2D eigenvalue weighted by Crippen LogP contribution is -2.34. The molecule has 5 rings (SSSR count). The first-order valence-electron chi connectivity index (χ1n) is 9.54. The van der Waals surface area contributed by atoms with Crippen LogP contribution in [0.5, 0.6) is 11.5 Å². The summed E-state index contributed by atoms with van der Waals surface area (Å²) in [6.07, 6.45) is 3.96. The Kier molecular flexibility index (Phi) is 4.65. The van der Waals surface area contributed by atoms with Gasteiger partial charge in [-0.05, 0) is 43.2 Å². The molecule has 3 aromatic rings. The number of nitrogens with zero attached hydrogens (tertiary/aromatic N) is 3. The van der Waals surface area contributed by atoms with Crippen molar-refractivity contribution in [3.05, 3.63) is 36.5 Å². The second-order valence-corrected chi connectivity index (χ2v) is 6.95. The smallest absolute Gasteiger partial charge is 0.274 e. The van der Waals surface area contributed by atoms with Gasteiger partial charge in [0.25, 0.3) is 5.89 Å². The molecule has 1 atom stereocenters. The van der Waals surface area contributed by atoms with Crippen LogP contribution in [-0.2, 0) is 16.1 Å². The number of amides is 1. The number of carbonyl (C=O) groups excluding carboxylic acids is 1. The predicted octanol–water partition coefficient (Wildman–Crippen LogP) is 2.23. The molecule has 1 N–H and O–H groups in total. The first-order chi connectivity index (χ1) is 14.3. The van der Waals surface area contributed by atoms with Crippen molar-refractivity contribution in [1.29, 1.82) is 0 Å². The van der Waals surface area contributed by atoms with E-state index < -0.39 is 0 Å². The van der Waals surface area contributed by atoms with Gasteiger partial charge in [-0.15, -0.1) is 0 Å². The fraction of sp³-hybridized carbons (Fsp3) is 0.350. The van der Waals surface area contributed by atoms with Crippen LogP contribution in [0.1, 0.15) is 12.8 Å². The van der Waals surface area contributed by atoms with Crippen LogP contribution < -0.4 is 14.8 Å². The predicted molar refractivity (Wildman–Crippen MR) is 101 cm³/mol. The molecule has 9 nitrogen and oxygen atoms in total. The molecule has 150 valence electrons. The summed E-state index contributed by atoms with van der Waals surface area (Å²) in [5, 5.41) is 6.98. The Morgan fingerprint density at radius 3 is 3.07 bits per heavy atom. The standard InChI is InChI=1S/C20H20N4O5/c25-18(21-10-14-3-2-8-26-14)11-24-7-1-4-15(24)20-22-19(23-29-20)13-5-6-16-17(9-13)28-12-27-16/h1,4-7,9,14H,2-3,8,10-12H2,(H,21,25)/t14-/m1/s1. The Morgan fingerprint density at radius 1 is 1.24 bits per heavy atom. The van der Waals surface area contributed by atoms with Crippen LogP contribution in [0.2, 0.25) is 0 Å². The molecule has 0 unspecified atom stereocenters. The third-order valence-electron chi connectivity index (χ3n) is 4.97. The van der Waals surface area contributed by atoms with Gasteiger partial charge in [-0.2, -0.15) is 4.98 Å². The Hall–Kier alpha value is -3.33. The highest BCUT2D eigenvalue weighted by molar-refractivity contribution is 5.76. The average Bonchev–Trinajstić information content (AvgIpc) is 3.53. The summed E-state index contributed by atoms with van der Waals surface area (Å²) in [7, 11) is 0. The van der Waals surface area contributed by atoms with Gasteiger partial charge in [-0.1, -0.05) is 5.16 Å². The Morgan fingerprint density at radius 2 is 2.17 bits per heavy atom. The largest absolute Gasteiger partial charge is 0.454 e. The fourth-order valence-electron chi connectivity index (χ4n) is 3.47. The summed E-state index contributed by atoms with van der Waals surface area (Å²) in [6.45, 7) is 1.67. The lowest BCUT2D eigenvalue weighted by Gasteiger charge is -2.11. The maximum Gasteiger partial charge on any atom is 0.274 e. The van der Waals surface area contributed by atoms with E-state index >= 15 is 0 Å². The topological polar surface area (TPSA) is 101 Å². The number of carbonyl (C=O) groups is 1. The van der Waals surface area contributed by atoms with Crippen LogP contribution in [-0.4, -0.2) is 46.7 Å². The molecule has 0 spiro atoms. The Bertz CT molecular complexity index is 1020. The normalized spacial score (nSPS) is 17.6. The number of nitrogens with one attached hydrogen (secondary N) is 1. The first kappa shape index (κ1) is 17.7. The van der Waals surface area contributed by atoms with Crippen LogP contribution in [0.15, 0.2) is 41.1 Å². The summed E-state index contributed by atoms with van der Waals surface area (Å²) in [5.74, 6) is 2.04. The van der Waals surface area contributed by atoms with E-state index in [-0.39, 0.29) is 25.3 Å². The van der Waals surface area contributed by atoms with E-state index in [2.05, 4.69) is 15.5 Å². The second-order valence-electron chi connectivity index (χ2n) is 6.95. The van der Waals surface area contributed by atoms with E-state index in [1.807, 2.05) is 36.5 Å². The highest BCUT2D eigenvalue weighted by atomic mass is 16.7. The van der Waals surface area contributed by atoms with Crippen LogP contribution in [0.3, 0.4) is 0 Å². The van der Waals surface area contributed by atoms with Crippen LogP contribution in [0.4, 0.5) is 0 Å². The van der Waals surface area contributed by atoms with Crippen molar-refractivity contribution < 1.29 is 23.5 Å². The second kappa shape index (κ2) is 7.59. The van der Waals surface area contributed by atoms with Gasteiger partial charge < -0.3 is 28.6 Å². The maximum atomic E-state index is 12.3.